The minimum absolute atomic E-state index is 0.0549. The summed E-state index contributed by atoms with van der Waals surface area (Å²) >= 11 is 0. The van der Waals surface area contributed by atoms with E-state index >= 15 is 0 Å². The lowest BCUT2D eigenvalue weighted by molar-refractivity contribution is -0.130. The van der Waals surface area contributed by atoms with Gasteiger partial charge in [-0.1, -0.05) is 44.7 Å². The molecule has 3 nitrogen and oxygen atoms in total. The van der Waals surface area contributed by atoms with Crippen LogP contribution in [0.5, 0.6) is 0 Å². The van der Waals surface area contributed by atoms with Gasteiger partial charge in [0.15, 0.2) is 0 Å². The second-order valence-corrected chi connectivity index (χ2v) is 5.52. The van der Waals surface area contributed by atoms with Gasteiger partial charge in [0.05, 0.1) is 6.04 Å². The quantitative estimate of drug-likeness (QED) is 0.829. The zero-order chi connectivity index (χ0) is 15.2. The highest BCUT2D eigenvalue weighted by Crippen LogP contribution is 2.22. The van der Waals surface area contributed by atoms with Crippen LogP contribution in [0.15, 0.2) is 24.3 Å². The van der Waals surface area contributed by atoms with Crippen LogP contribution in [0, 0.1) is 17.3 Å². The Kier molecular flexibility index (Phi) is 5.79. The van der Waals surface area contributed by atoms with Crippen molar-refractivity contribution < 1.29 is 9.90 Å². The van der Waals surface area contributed by atoms with E-state index < -0.39 is 0 Å². The third kappa shape index (κ3) is 4.40. The number of carbonyl (C=O) groups is 1. The fourth-order valence-electron chi connectivity index (χ4n) is 1.66. The fourth-order valence-corrected chi connectivity index (χ4v) is 1.66. The second kappa shape index (κ2) is 7.12. The predicted octanol–water partition coefficient (Wildman–Crippen LogP) is 2.64. The molecule has 1 aromatic rings. The standard InChI is InChI=1S/C17H23NO2/c1-5-17(3,4)16(20)18-13(2)15-10-6-8-14(12-15)9-7-11-19/h6,8,10,12-13,19H,5,11H2,1-4H3,(H,18,20). The van der Waals surface area contributed by atoms with Gasteiger partial charge in [0.2, 0.25) is 5.91 Å². The molecule has 1 aromatic carbocycles. The molecule has 0 aliphatic heterocycles. The van der Waals surface area contributed by atoms with Crippen LogP contribution in [-0.4, -0.2) is 17.6 Å². The molecule has 0 heterocycles. The van der Waals surface area contributed by atoms with Gasteiger partial charge >= 0.3 is 0 Å². The molecule has 0 saturated heterocycles. The van der Waals surface area contributed by atoms with E-state index in [9.17, 15) is 4.79 Å². The average Bonchev–Trinajstić information content (AvgIpc) is 2.45. The van der Waals surface area contributed by atoms with Crippen LogP contribution in [0.1, 0.15) is 51.3 Å². The average molecular weight is 273 g/mol. The molecule has 1 rings (SSSR count). The normalized spacial score (nSPS) is 12.2. The fraction of sp³-hybridized carbons (Fsp3) is 0.471. The Morgan fingerprint density at radius 2 is 2.15 bits per heavy atom. The highest BCUT2D eigenvalue weighted by atomic mass is 16.2. The first-order chi connectivity index (χ1) is 9.40. The van der Waals surface area contributed by atoms with Crippen molar-refractivity contribution >= 4 is 5.91 Å². The van der Waals surface area contributed by atoms with Crippen molar-refractivity contribution in [1.82, 2.24) is 5.32 Å². The van der Waals surface area contributed by atoms with E-state index in [0.29, 0.717) is 0 Å². The smallest absolute Gasteiger partial charge is 0.226 e. The van der Waals surface area contributed by atoms with E-state index in [1.807, 2.05) is 52.0 Å². The lowest BCUT2D eigenvalue weighted by atomic mass is 9.88. The first kappa shape index (κ1) is 16.3. The van der Waals surface area contributed by atoms with E-state index in [-0.39, 0.29) is 24.0 Å². The van der Waals surface area contributed by atoms with Crippen molar-refractivity contribution in [2.75, 3.05) is 6.61 Å². The summed E-state index contributed by atoms with van der Waals surface area (Å²) in [5.74, 6) is 5.55. The van der Waals surface area contributed by atoms with E-state index in [2.05, 4.69) is 17.2 Å². The first-order valence-electron chi connectivity index (χ1n) is 6.91. The number of rotatable bonds is 4. The molecule has 0 bridgehead atoms. The minimum atomic E-state index is -0.359. The Bertz CT molecular complexity index is 523. The van der Waals surface area contributed by atoms with Crippen LogP contribution in [0.2, 0.25) is 0 Å². The van der Waals surface area contributed by atoms with Gasteiger partial charge in [-0.2, -0.15) is 0 Å². The van der Waals surface area contributed by atoms with Crippen molar-refractivity contribution in [3.8, 4) is 11.8 Å². The second-order valence-electron chi connectivity index (χ2n) is 5.52. The molecule has 0 saturated carbocycles. The molecule has 20 heavy (non-hydrogen) atoms. The summed E-state index contributed by atoms with van der Waals surface area (Å²) in [4.78, 5) is 12.2. The van der Waals surface area contributed by atoms with E-state index in [1.54, 1.807) is 0 Å². The maximum Gasteiger partial charge on any atom is 0.226 e. The zero-order valence-electron chi connectivity index (χ0n) is 12.7. The summed E-state index contributed by atoms with van der Waals surface area (Å²) in [5, 5.41) is 11.7. The molecule has 0 fully saturated rings. The van der Waals surface area contributed by atoms with Crippen LogP contribution < -0.4 is 5.32 Å². The molecular formula is C17H23NO2. The number of carbonyl (C=O) groups excluding carboxylic acids is 1. The summed E-state index contributed by atoms with van der Waals surface area (Å²) in [6, 6.07) is 7.63. The van der Waals surface area contributed by atoms with Crippen LogP contribution >= 0.6 is 0 Å². The Morgan fingerprint density at radius 1 is 1.45 bits per heavy atom. The predicted molar refractivity (Wildman–Crippen MR) is 81.0 cm³/mol. The van der Waals surface area contributed by atoms with Gasteiger partial charge in [0.25, 0.3) is 0 Å². The highest BCUT2D eigenvalue weighted by molar-refractivity contribution is 5.82. The van der Waals surface area contributed by atoms with Gasteiger partial charge in [-0.25, -0.2) is 0 Å². The van der Waals surface area contributed by atoms with Crippen molar-refractivity contribution in [3.05, 3.63) is 35.4 Å². The summed E-state index contributed by atoms with van der Waals surface area (Å²) in [6.45, 7) is 7.70. The topological polar surface area (TPSA) is 49.3 Å². The molecule has 0 aromatic heterocycles. The van der Waals surface area contributed by atoms with Crippen molar-refractivity contribution in [2.45, 2.75) is 40.2 Å². The van der Waals surface area contributed by atoms with Crippen molar-refractivity contribution in [3.63, 3.8) is 0 Å². The van der Waals surface area contributed by atoms with Gasteiger partial charge in [0, 0.05) is 11.0 Å². The summed E-state index contributed by atoms with van der Waals surface area (Å²) < 4.78 is 0. The van der Waals surface area contributed by atoms with Crippen LogP contribution in [-0.2, 0) is 4.79 Å². The summed E-state index contributed by atoms with van der Waals surface area (Å²) in [7, 11) is 0. The number of nitrogens with one attached hydrogen (secondary N) is 1. The van der Waals surface area contributed by atoms with Crippen molar-refractivity contribution in [1.29, 1.82) is 0 Å². The number of benzene rings is 1. The van der Waals surface area contributed by atoms with Crippen LogP contribution in [0.25, 0.3) is 0 Å². The van der Waals surface area contributed by atoms with Gasteiger partial charge in [-0.05, 0) is 31.0 Å². The number of hydrogen-bond donors (Lipinski definition) is 2. The van der Waals surface area contributed by atoms with Gasteiger partial charge in [-0.3, -0.25) is 4.79 Å². The molecule has 0 spiro atoms. The summed E-state index contributed by atoms with van der Waals surface area (Å²) in [5.41, 5.74) is 1.49. The molecular weight excluding hydrogens is 250 g/mol. The maximum atomic E-state index is 12.2. The SMILES string of the molecule is CCC(C)(C)C(=O)NC(C)c1cccc(C#CCO)c1. The van der Waals surface area contributed by atoms with Crippen molar-refractivity contribution in [2.24, 2.45) is 5.41 Å². The minimum Gasteiger partial charge on any atom is -0.384 e. The third-order valence-electron chi connectivity index (χ3n) is 3.54. The molecule has 1 unspecified atom stereocenters. The molecule has 3 heteroatoms. The molecule has 1 amide bonds. The van der Waals surface area contributed by atoms with E-state index in [4.69, 9.17) is 5.11 Å². The molecule has 108 valence electrons. The molecule has 1 atom stereocenters. The van der Waals surface area contributed by atoms with Crippen LogP contribution in [0.3, 0.4) is 0 Å². The summed E-state index contributed by atoms with van der Waals surface area (Å²) in [6.07, 6.45) is 0.799. The monoisotopic (exact) mass is 273 g/mol. The Balaban J connectivity index is 2.82. The maximum absolute atomic E-state index is 12.2. The molecule has 0 aliphatic carbocycles. The number of amides is 1. The van der Waals surface area contributed by atoms with Crippen LogP contribution in [0.4, 0.5) is 0 Å². The Hall–Kier alpha value is -1.79. The van der Waals surface area contributed by atoms with Gasteiger partial charge in [0.1, 0.15) is 6.61 Å². The van der Waals surface area contributed by atoms with E-state index in [1.165, 1.54) is 0 Å². The van der Waals surface area contributed by atoms with Gasteiger partial charge in [-0.15, -0.1) is 0 Å². The third-order valence-corrected chi connectivity index (χ3v) is 3.54. The van der Waals surface area contributed by atoms with Gasteiger partial charge < -0.3 is 10.4 Å². The number of hydrogen-bond acceptors (Lipinski definition) is 2. The highest BCUT2D eigenvalue weighted by Gasteiger charge is 2.26. The first-order valence-corrected chi connectivity index (χ1v) is 6.91. The zero-order valence-corrected chi connectivity index (χ0v) is 12.7. The molecule has 2 N–H and O–H groups in total. The Morgan fingerprint density at radius 3 is 2.75 bits per heavy atom. The Labute approximate surface area is 121 Å². The largest absolute Gasteiger partial charge is 0.384 e. The lowest BCUT2D eigenvalue weighted by Crippen LogP contribution is -2.37. The lowest BCUT2D eigenvalue weighted by Gasteiger charge is -2.24. The molecule has 0 aliphatic rings. The number of aliphatic hydroxyl groups is 1. The number of aliphatic hydroxyl groups excluding tert-OH is 1. The van der Waals surface area contributed by atoms with E-state index in [0.717, 1.165) is 17.5 Å². The molecule has 0 radical (unpaired) electrons.